The number of amides is 1. The Labute approximate surface area is 154 Å². The normalized spacial score (nSPS) is 14.3. The van der Waals surface area contributed by atoms with Crippen molar-refractivity contribution in [2.45, 2.75) is 20.8 Å². The molecule has 26 heavy (non-hydrogen) atoms. The smallest absolute Gasteiger partial charge is 0.409 e. The summed E-state index contributed by atoms with van der Waals surface area (Å²) in [7, 11) is 0. The number of carbonyl (C=O) groups excluding carboxylic acids is 1. The van der Waals surface area contributed by atoms with E-state index >= 15 is 0 Å². The first-order valence-electron chi connectivity index (χ1n) is 8.90. The van der Waals surface area contributed by atoms with Gasteiger partial charge in [-0.1, -0.05) is 18.2 Å². The number of aromatic nitrogens is 2. The van der Waals surface area contributed by atoms with E-state index in [1.54, 1.807) is 11.2 Å². The lowest BCUT2D eigenvalue weighted by Crippen LogP contribution is -2.49. The van der Waals surface area contributed by atoms with Crippen molar-refractivity contribution in [3.05, 3.63) is 41.7 Å². The number of para-hydroxylation sites is 1. The van der Waals surface area contributed by atoms with Gasteiger partial charge in [-0.25, -0.2) is 14.8 Å². The van der Waals surface area contributed by atoms with E-state index in [1.165, 1.54) is 11.1 Å². The third-order valence-electron chi connectivity index (χ3n) is 4.52. The fraction of sp³-hybridized carbons (Fsp3) is 0.421. The van der Waals surface area contributed by atoms with Crippen LogP contribution in [0, 0.1) is 13.8 Å². The van der Waals surface area contributed by atoms with Crippen LogP contribution in [0.2, 0.25) is 0 Å². The quantitative estimate of drug-likeness (QED) is 0.909. The molecule has 1 aromatic carbocycles. The highest BCUT2D eigenvalue weighted by molar-refractivity contribution is 5.68. The molecule has 0 aliphatic carbocycles. The Morgan fingerprint density at radius 3 is 2.50 bits per heavy atom. The van der Waals surface area contributed by atoms with E-state index in [2.05, 4.69) is 46.2 Å². The second-order valence-corrected chi connectivity index (χ2v) is 6.33. The molecule has 1 aliphatic heterocycles. The summed E-state index contributed by atoms with van der Waals surface area (Å²) in [5.41, 5.74) is 3.42. The van der Waals surface area contributed by atoms with Gasteiger partial charge >= 0.3 is 6.09 Å². The lowest BCUT2D eigenvalue weighted by molar-refractivity contribution is 0.105. The number of anilines is 3. The van der Waals surface area contributed by atoms with Crippen LogP contribution in [0.15, 0.2) is 30.6 Å². The third kappa shape index (κ3) is 4.04. The number of nitrogens with one attached hydrogen (secondary N) is 1. The summed E-state index contributed by atoms with van der Waals surface area (Å²) in [6, 6.07) is 8.15. The minimum absolute atomic E-state index is 0.243. The van der Waals surface area contributed by atoms with Crippen molar-refractivity contribution in [2.75, 3.05) is 43.0 Å². The van der Waals surface area contributed by atoms with Gasteiger partial charge in [-0.2, -0.15) is 0 Å². The van der Waals surface area contributed by atoms with Crippen molar-refractivity contribution >= 4 is 23.4 Å². The molecule has 1 aromatic heterocycles. The molecular formula is C19H25N5O2. The molecule has 1 aliphatic rings. The largest absolute Gasteiger partial charge is 0.450 e. The molecule has 0 radical (unpaired) electrons. The molecule has 7 nitrogen and oxygen atoms in total. The topological polar surface area (TPSA) is 70.6 Å². The summed E-state index contributed by atoms with van der Waals surface area (Å²) in [5.74, 6) is 1.62. The van der Waals surface area contributed by atoms with Crippen LogP contribution >= 0.6 is 0 Å². The van der Waals surface area contributed by atoms with Gasteiger partial charge in [0.25, 0.3) is 0 Å². The van der Waals surface area contributed by atoms with E-state index in [0.717, 1.165) is 30.4 Å². The number of piperazine rings is 1. The molecule has 2 heterocycles. The van der Waals surface area contributed by atoms with Crippen molar-refractivity contribution in [1.82, 2.24) is 14.9 Å². The first kappa shape index (κ1) is 18.0. The van der Waals surface area contributed by atoms with Crippen LogP contribution in [0.25, 0.3) is 0 Å². The van der Waals surface area contributed by atoms with Gasteiger partial charge in [-0.05, 0) is 31.9 Å². The Morgan fingerprint density at radius 1 is 1.15 bits per heavy atom. The minimum Gasteiger partial charge on any atom is -0.450 e. The maximum atomic E-state index is 11.8. The molecule has 1 amide bonds. The van der Waals surface area contributed by atoms with Crippen LogP contribution < -0.4 is 10.2 Å². The molecule has 2 aromatic rings. The van der Waals surface area contributed by atoms with Crippen molar-refractivity contribution in [3.8, 4) is 0 Å². The lowest BCUT2D eigenvalue weighted by Gasteiger charge is -2.34. The van der Waals surface area contributed by atoms with E-state index in [1.807, 2.05) is 19.1 Å². The number of ether oxygens (including phenoxy) is 1. The van der Waals surface area contributed by atoms with Crippen molar-refractivity contribution in [2.24, 2.45) is 0 Å². The first-order valence-corrected chi connectivity index (χ1v) is 8.90. The highest BCUT2D eigenvalue weighted by Crippen LogP contribution is 2.25. The Balaban J connectivity index is 1.68. The molecule has 138 valence electrons. The second-order valence-electron chi connectivity index (χ2n) is 6.33. The standard InChI is InChI=1S/C19H25N5O2/c1-4-26-19(25)24-10-8-23(9-11-24)17-12-16(20-13-21-17)22-18-14(2)6-5-7-15(18)3/h5-7,12-13H,4,8-11H2,1-3H3,(H,20,21,22). The third-order valence-corrected chi connectivity index (χ3v) is 4.52. The minimum atomic E-state index is -0.243. The van der Waals surface area contributed by atoms with Crippen LogP contribution in [0.4, 0.5) is 22.1 Å². The van der Waals surface area contributed by atoms with Crippen molar-refractivity contribution < 1.29 is 9.53 Å². The Kier molecular flexibility index (Phi) is 5.55. The van der Waals surface area contributed by atoms with Gasteiger partial charge in [0.1, 0.15) is 18.0 Å². The monoisotopic (exact) mass is 355 g/mol. The molecule has 0 bridgehead atoms. The van der Waals surface area contributed by atoms with E-state index < -0.39 is 0 Å². The SMILES string of the molecule is CCOC(=O)N1CCN(c2cc(Nc3c(C)cccc3C)ncn2)CC1. The molecule has 7 heteroatoms. The zero-order chi connectivity index (χ0) is 18.5. The maximum absolute atomic E-state index is 11.8. The van der Waals surface area contributed by atoms with E-state index in [4.69, 9.17) is 4.74 Å². The van der Waals surface area contributed by atoms with Crippen LogP contribution in [0.1, 0.15) is 18.1 Å². The van der Waals surface area contributed by atoms with Gasteiger partial charge in [-0.3, -0.25) is 0 Å². The summed E-state index contributed by atoms with van der Waals surface area (Å²) >= 11 is 0. The highest BCUT2D eigenvalue weighted by Gasteiger charge is 2.22. The van der Waals surface area contributed by atoms with E-state index in [0.29, 0.717) is 19.7 Å². The van der Waals surface area contributed by atoms with Gasteiger partial charge in [0.2, 0.25) is 0 Å². The van der Waals surface area contributed by atoms with Gasteiger partial charge in [-0.15, -0.1) is 0 Å². The summed E-state index contributed by atoms with van der Waals surface area (Å²) in [5, 5.41) is 3.40. The second kappa shape index (κ2) is 8.03. The Morgan fingerprint density at radius 2 is 1.85 bits per heavy atom. The fourth-order valence-corrected chi connectivity index (χ4v) is 3.06. The average Bonchev–Trinajstić information content (AvgIpc) is 2.65. The van der Waals surface area contributed by atoms with Crippen molar-refractivity contribution in [1.29, 1.82) is 0 Å². The van der Waals surface area contributed by atoms with Crippen LogP contribution in [0.5, 0.6) is 0 Å². The van der Waals surface area contributed by atoms with Crippen LogP contribution in [-0.4, -0.2) is 53.7 Å². The molecular weight excluding hydrogens is 330 g/mol. The van der Waals surface area contributed by atoms with E-state index in [-0.39, 0.29) is 6.09 Å². The predicted molar refractivity (Wildman–Crippen MR) is 102 cm³/mol. The Bertz CT molecular complexity index is 752. The number of hydrogen-bond acceptors (Lipinski definition) is 6. The maximum Gasteiger partial charge on any atom is 0.409 e. The zero-order valence-electron chi connectivity index (χ0n) is 15.5. The van der Waals surface area contributed by atoms with Crippen LogP contribution in [-0.2, 0) is 4.74 Å². The van der Waals surface area contributed by atoms with Gasteiger partial charge in [0.05, 0.1) is 6.61 Å². The summed E-state index contributed by atoms with van der Waals surface area (Å²) in [6.07, 6.45) is 1.33. The Hall–Kier alpha value is -2.83. The number of carbonyl (C=O) groups is 1. The number of rotatable bonds is 4. The van der Waals surface area contributed by atoms with Gasteiger partial charge in [0, 0.05) is 37.9 Å². The summed E-state index contributed by atoms with van der Waals surface area (Å²) < 4.78 is 5.06. The number of benzene rings is 1. The first-order chi connectivity index (χ1) is 12.6. The average molecular weight is 355 g/mol. The highest BCUT2D eigenvalue weighted by atomic mass is 16.6. The lowest BCUT2D eigenvalue weighted by atomic mass is 10.1. The number of aryl methyl sites for hydroxylation is 2. The van der Waals surface area contributed by atoms with Crippen molar-refractivity contribution in [3.63, 3.8) is 0 Å². The fourth-order valence-electron chi connectivity index (χ4n) is 3.06. The van der Waals surface area contributed by atoms with E-state index in [9.17, 15) is 4.79 Å². The molecule has 1 fully saturated rings. The number of nitrogens with zero attached hydrogens (tertiary/aromatic N) is 4. The molecule has 3 rings (SSSR count). The molecule has 0 saturated carbocycles. The summed E-state index contributed by atoms with van der Waals surface area (Å²) in [4.78, 5) is 24.4. The number of hydrogen-bond donors (Lipinski definition) is 1. The van der Waals surface area contributed by atoms with Gasteiger partial charge < -0.3 is 19.9 Å². The molecule has 0 spiro atoms. The summed E-state index contributed by atoms with van der Waals surface area (Å²) in [6.45, 7) is 9.07. The molecule has 0 unspecified atom stereocenters. The molecule has 0 atom stereocenters. The van der Waals surface area contributed by atoms with Crippen LogP contribution in [0.3, 0.4) is 0 Å². The van der Waals surface area contributed by atoms with Gasteiger partial charge in [0.15, 0.2) is 0 Å². The predicted octanol–water partition coefficient (Wildman–Crippen LogP) is 3.12. The molecule has 1 saturated heterocycles. The molecule has 1 N–H and O–H groups in total. The zero-order valence-corrected chi connectivity index (χ0v) is 15.5.